The minimum Gasteiger partial charge on any atom is -0.490 e. The van der Waals surface area contributed by atoms with Crippen LogP contribution in [0.15, 0.2) is 91.1 Å². The highest BCUT2D eigenvalue weighted by Gasteiger charge is 2.24. The third-order valence-electron chi connectivity index (χ3n) is 7.21. The van der Waals surface area contributed by atoms with Crippen molar-refractivity contribution in [2.45, 2.75) is 44.2 Å². The number of carbonyl (C=O) groups excluding carboxylic acids is 2. The quantitative estimate of drug-likeness (QED) is 0.182. The Hall–Kier alpha value is -5.69. The van der Waals surface area contributed by atoms with E-state index < -0.39 is 5.97 Å². The number of hydrogen-bond donors (Lipinski definition) is 3. The minimum atomic E-state index is -1.11. The number of carbonyl (C=O) groups is 3. The van der Waals surface area contributed by atoms with Crippen molar-refractivity contribution in [1.82, 2.24) is 10.3 Å². The lowest BCUT2D eigenvalue weighted by Gasteiger charge is -2.29. The molecule has 2 amide bonds. The third kappa shape index (κ3) is 7.98. The van der Waals surface area contributed by atoms with Gasteiger partial charge in [-0.25, -0.2) is 14.6 Å². The van der Waals surface area contributed by atoms with Crippen LogP contribution >= 0.6 is 0 Å². The predicted molar refractivity (Wildman–Crippen MR) is 163 cm³/mol. The largest absolute Gasteiger partial charge is 0.490 e. The number of hydrogen-bond acceptors (Lipinski definition) is 6. The summed E-state index contributed by atoms with van der Waals surface area (Å²) in [6.07, 6.45) is 4.89. The second-order valence-electron chi connectivity index (χ2n) is 10.4. The molecule has 1 aliphatic carbocycles. The number of pyridine rings is 1. The molecule has 1 aliphatic rings. The summed E-state index contributed by atoms with van der Waals surface area (Å²) in [7, 11) is 0. The highest BCUT2D eigenvalue weighted by atomic mass is 16.5. The summed E-state index contributed by atoms with van der Waals surface area (Å²) in [5.74, 6) is 0.0696. The molecular weight excluding hydrogens is 560 g/mol. The van der Waals surface area contributed by atoms with Gasteiger partial charge < -0.3 is 25.2 Å². The maximum Gasteiger partial charge on any atom is 0.337 e. The normalized spacial score (nSPS) is 15.8. The number of aromatic carboxylic acids is 1. The molecule has 44 heavy (non-hydrogen) atoms. The molecule has 1 heterocycles. The average molecular weight is 591 g/mol. The molecule has 0 spiro atoms. The predicted octanol–water partition coefficient (Wildman–Crippen LogP) is 6.42. The molecule has 222 valence electrons. The molecule has 1 saturated carbocycles. The highest BCUT2D eigenvalue weighted by Crippen LogP contribution is 2.27. The van der Waals surface area contributed by atoms with E-state index in [-0.39, 0.29) is 41.6 Å². The van der Waals surface area contributed by atoms with E-state index in [1.54, 1.807) is 72.9 Å². The molecule has 5 rings (SSSR count). The smallest absolute Gasteiger partial charge is 0.337 e. The summed E-state index contributed by atoms with van der Waals surface area (Å²) >= 11 is 0. The van der Waals surface area contributed by atoms with Gasteiger partial charge in [0.25, 0.3) is 5.91 Å². The van der Waals surface area contributed by atoms with E-state index in [0.717, 1.165) is 31.4 Å². The molecule has 4 aromatic rings. The average Bonchev–Trinajstić information content (AvgIpc) is 3.04. The lowest BCUT2D eigenvalue weighted by Crippen LogP contribution is -2.39. The lowest BCUT2D eigenvalue weighted by molar-refractivity contribution is -0.115. The monoisotopic (exact) mass is 590 g/mol. The van der Waals surface area contributed by atoms with Crippen LogP contribution in [0.4, 0.5) is 11.4 Å². The minimum absolute atomic E-state index is 0.0227. The zero-order valence-corrected chi connectivity index (χ0v) is 23.7. The number of ether oxygens (including phenoxy) is 2. The summed E-state index contributed by atoms with van der Waals surface area (Å²) in [6, 6.07) is 23.6. The maximum absolute atomic E-state index is 12.5. The molecule has 0 aliphatic heterocycles. The van der Waals surface area contributed by atoms with Gasteiger partial charge in [0, 0.05) is 23.9 Å². The van der Waals surface area contributed by atoms with Crippen LogP contribution in [0.5, 0.6) is 17.4 Å². The van der Waals surface area contributed by atoms with Crippen molar-refractivity contribution in [1.29, 1.82) is 0 Å². The molecule has 10 nitrogen and oxygen atoms in total. The topological polar surface area (TPSA) is 131 Å². The Bertz CT molecular complexity index is 1660. The third-order valence-corrected chi connectivity index (χ3v) is 7.21. The lowest BCUT2D eigenvalue weighted by atomic mass is 9.92. The van der Waals surface area contributed by atoms with Crippen LogP contribution in [-0.2, 0) is 11.2 Å². The molecule has 0 bridgehead atoms. The van der Waals surface area contributed by atoms with Crippen LogP contribution in [0.3, 0.4) is 0 Å². The fraction of sp³-hybridized carbons (Fsp3) is 0.206. The van der Waals surface area contributed by atoms with Crippen molar-refractivity contribution in [3.05, 3.63) is 119 Å². The van der Waals surface area contributed by atoms with Crippen LogP contribution in [0.25, 0.3) is 4.85 Å². The molecular formula is C34H30N4O6. The van der Waals surface area contributed by atoms with Gasteiger partial charge in [-0.1, -0.05) is 42.5 Å². The van der Waals surface area contributed by atoms with Crippen molar-refractivity contribution in [3.63, 3.8) is 0 Å². The van der Waals surface area contributed by atoms with Crippen molar-refractivity contribution in [3.8, 4) is 17.4 Å². The number of para-hydroxylation sites is 1. The van der Waals surface area contributed by atoms with Gasteiger partial charge in [0.2, 0.25) is 11.8 Å². The van der Waals surface area contributed by atoms with E-state index in [4.69, 9.17) is 16.0 Å². The Morgan fingerprint density at radius 2 is 1.59 bits per heavy atom. The standard InChI is InChI=1S/C34H30N4O6/c1-35-24-9-7-23(8-10-24)33(40)37-25-11-13-26(14-12-25)43-27-15-17-28(18-16-27)44-32-19-6-22(21-36-32)20-31(39)38-30-5-3-2-4-29(30)34(41)42/h2-10,15-19,21,25-26H,11-14,20H2,(H,37,40)(H,38,39)(H,41,42). The highest BCUT2D eigenvalue weighted by molar-refractivity contribution is 6.01. The molecule has 3 N–H and O–H groups in total. The van der Waals surface area contributed by atoms with Crippen LogP contribution in [-0.4, -0.2) is 40.0 Å². The van der Waals surface area contributed by atoms with Gasteiger partial charge in [-0.2, -0.15) is 0 Å². The number of anilines is 1. The SMILES string of the molecule is [C-]#[N+]c1ccc(C(=O)NC2CCC(Oc3ccc(Oc4ccc(CC(=O)Nc5ccccc5C(=O)O)cn4)cc3)CC2)cc1. The summed E-state index contributed by atoms with van der Waals surface area (Å²) < 4.78 is 12.0. The Balaban J connectivity index is 1.05. The number of carboxylic acid groups (broad SMARTS) is 1. The molecule has 1 aromatic heterocycles. The first-order valence-corrected chi connectivity index (χ1v) is 14.2. The van der Waals surface area contributed by atoms with E-state index in [1.165, 1.54) is 6.07 Å². The number of benzene rings is 3. The summed E-state index contributed by atoms with van der Waals surface area (Å²) in [5.41, 5.74) is 1.97. The Kier molecular flexibility index (Phi) is 9.47. The van der Waals surface area contributed by atoms with Crippen molar-refractivity contribution in [2.75, 3.05) is 5.32 Å². The Morgan fingerprint density at radius 3 is 2.25 bits per heavy atom. The molecule has 1 fully saturated rings. The zero-order chi connectivity index (χ0) is 30.9. The van der Waals surface area contributed by atoms with Gasteiger partial charge in [0.15, 0.2) is 5.69 Å². The van der Waals surface area contributed by atoms with E-state index in [2.05, 4.69) is 20.5 Å². The zero-order valence-electron chi connectivity index (χ0n) is 23.7. The van der Waals surface area contributed by atoms with Gasteiger partial charge in [-0.05, 0) is 67.6 Å². The first-order valence-electron chi connectivity index (χ1n) is 14.2. The van der Waals surface area contributed by atoms with Crippen LogP contribution in [0.2, 0.25) is 0 Å². The van der Waals surface area contributed by atoms with Crippen molar-refractivity contribution >= 4 is 29.2 Å². The van der Waals surface area contributed by atoms with E-state index in [9.17, 15) is 19.5 Å². The molecule has 10 heteroatoms. The second-order valence-corrected chi connectivity index (χ2v) is 10.4. The van der Waals surface area contributed by atoms with Gasteiger partial charge in [-0.15, -0.1) is 0 Å². The Morgan fingerprint density at radius 1 is 0.886 bits per heavy atom. The molecule has 3 aromatic carbocycles. The number of amides is 2. The molecule has 0 atom stereocenters. The van der Waals surface area contributed by atoms with E-state index in [0.29, 0.717) is 28.4 Å². The molecule has 0 radical (unpaired) electrons. The van der Waals surface area contributed by atoms with Crippen molar-refractivity contribution in [2.24, 2.45) is 0 Å². The second kappa shape index (κ2) is 14.0. The molecule has 0 saturated heterocycles. The fourth-order valence-corrected chi connectivity index (χ4v) is 4.91. The summed E-state index contributed by atoms with van der Waals surface area (Å²) in [4.78, 5) is 43.9. The number of aromatic nitrogens is 1. The molecule has 0 unspecified atom stereocenters. The number of nitrogens with one attached hydrogen (secondary N) is 2. The van der Waals surface area contributed by atoms with Gasteiger partial charge >= 0.3 is 5.97 Å². The van der Waals surface area contributed by atoms with E-state index >= 15 is 0 Å². The first kappa shape index (κ1) is 29.8. The first-order chi connectivity index (χ1) is 21.4. The van der Waals surface area contributed by atoms with Crippen LogP contribution < -0.4 is 20.1 Å². The van der Waals surface area contributed by atoms with Crippen LogP contribution in [0.1, 0.15) is 52.0 Å². The Labute approximate surface area is 254 Å². The fourth-order valence-electron chi connectivity index (χ4n) is 4.91. The van der Waals surface area contributed by atoms with Gasteiger partial charge in [0.05, 0.1) is 30.3 Å². The van der Waals surface area contributed by atoms with Crippen molar-refractivity contribution < 1.29 is 29.0 Å². The summed E-state index contributed by atoms with van der Waals surface area (Å²) in [6.45, 7) is 7.03. The number of nitrogens with zero attached hydrogens (tertiary/aromatic N) is 2. The number of carboxylic acids is 1. The van der Waals surface area contributed by atoms with E-state index in [1.807, 2.05) is 12.1 Å². The number of rotatable bonds is 10. The maximum atomic E-state index is 12.5. The van der Waals surface area contributed by atoms with Gasteiger partial charge in [-0.3, -0.25) is 9.59 Å². The van der Waals surface area contributed by atoms with Crippen LogP contribution in [0, 0.1) is 6.57 Å². The summed E-state index contributed by atoms with van der Waals surface area (Å²) in [5, 5.41) is 15.0. The van der Waals surface area contributed by atoms with Gasteiger partial charge in [0.1, 0.15) is 11.5 Å².